The SMILES string of the molecule is O=S(=O)(c1ccccc1)N1CCN(C[C@@H](O)COc2ccccc2)CC1. The molecule has 0 aliphatic carbocycles. The number of sulfonamides is 1. The van der Waals surface area contributed by atoms with Crippen LogP contribution >= 0.6 is 0 Å². The predicted octanol–water partition coefficient (Wildman–Crippen LogP) is 1.43. The number of rotatable bonds is 7. The first-order chi connectivity index (χ1) is 12.6. The molecule has 0 aromatic heterocycles. The Morgan fingerprint density at radius 1 is 0.923 bits per heavy atom. The van der Waals surface area contributed by atoms with E-state index in [1.807, 2.05) is 30.3 Å². The summed E-state index contributed by atoms with van der Waals surface area (Å²) >= 11 is 0. The van der Waals surface area contributed by atoms with Gasteiger partial charge in [-0.1, -0.05) is 36.4 Å². The van der Waals surface area contributed by atoms with Crippen molar-refractivity contribution >= 4 is 10.0 Å². The van der Waals surface area contributed by atoms with Gasteiger partial charge in [-0.15, -0.1) is 0 Å². The summed E-state index contributed by atoms with van der Waals surface area (Å²) in [4.78, 5) is 2.39. The number of aliphatic hydroxyl groups excluding tert-OH is 1. The minimum absolute atomic E-state index is 0.215. The van der Waals surface area contributed by atoms with E-state index in [4.69, 9.17) is 4.74 Å². The highest BCUT2D eigenvalue weighted by atomic mass is 32.2. The van der Waals surface area contributed by atoms with Crippen molar-refractivity contribution in [2.75, 3.05) is 39.3 Å². The fourth-order valence-electron chi connectivity index (χ4n) is 2.95. The zero-order valence-corrected chi connectivity index (χ0v) is 15.4. The third-order valence-electron chi connectivity index (χ3n) is 4.37. The minimum Gasteiger partial charge on any atom is -0.491 e. The molecule has 1 fully saturated rings. The lowest BCUT2D eigenvalue weighted by atomic mass is 10.3. The quantitative estimate of drug-likeness (QED) is 0.792. The summed E-state index contributed by atoms with van der Waals surface area (Å²) in [6.07, 6.45) is -0.618. The summed E-state index contributed by atoms with van der Waals surface area (Å²) in [5, 5.41) is 10.2. The summed E-state index contributed by atoms with van der Waals surface area (Å²) < 4.78 is 32.3. The fourth-order valence-corrected chi connectivity index (χ4v) is 4.40. The fraction of sp³-hybridized carbons (Fsp3) is 0.368. The molecule has 6 nitrogen and oxygen atoms in total. The molecule has 0 amide bonds. The maximum atomic E-state index is 12.6. The van der Waals surface area contributed by atoms with Crippen LogP contribution in [-0.2, 0) is 10.0 Å². The van der Waals surface area contributed by atoms with Crippen molar-refractivity contribution in [2.24, 2.45) is 0 Å². The molecule has 0 unspecified atom stereocenters. The number of piperazine rings is 1. The molecule has 1 N–H and O–H groups in total. The first kappa shape index (κ1) is 18.8. The van der Waals surface area contributed by atoms with E-state index in [2.05, 4.69) is 4.90 Å². The van der Waals surface area contributed by atoms with E-state index in [9.17, 15) is 13.5 Å². The van der Waals surface area contributed by atoms with Crippen molar-refractivity contribution in [2.45, 2.75) is 11.0 Å². The van der Waals surface area contributed by atoms with Gasteiger partial charge in [-0.2, -0.15) is 4.31 Å². The van der Waals surface area contributed by atoms with Gasteiger partial charge in [0.1, 0.15) is 18.5 Å². The summed E-state index contributed by atoms with van der Waals surface area (Å²) in [5.74, 6) is 0.727. The highest BCUT2D eigenvalue weighted by Crippen LogP contribution is 2.17. The summed E-state index contributed by atoms with van der Waals surface area (Å²) in [7, 11) is -3.44. The van der Waals surface area contributed by atoms with Crippen molar-refractivity contribution in [1.82, 2.24) is 9.21 Å². The molecular weight excluding hydrogens is 352 g/mol. The molecule has 1 atom stereocenters. The second-order valence-electron chi connectivity index (χ2n) is 6.30. The lowest BCUT2D eigenvalue weighted by Crippen LogP contribution is -2.50. The van der Waals surface area contributed by atoms with Crippen LogP contribution in [0.3, 0.4) is 0 Å². The van der Waals surface area contributed by atoms with Crippen molar-refractivity contribution < 1.29 is 18.3 Å². The Kier molecular flexibility index (Phi) is 6.26. The average molecular weight is 376 g/mol. The molecule has 140 valence electrons. The summed E-state index contributed by atoms with van der Waals surface area (Å²) in [6, 6.07) is 17.9. The Morgan fingerprint density at radius 2 is 1.50 bits per heavy atom. The van der Waals surface area contributed by atoms with Crippen molar-refractivity contribution in [3.63, 3.8) is 0 Å². The van der Waals surface area contributed by atoms with Crippen LogP contribution < -0.4 is 4.74 Å². The van der Waals surface area contributed by atoms with E-state index in [1.54, 1.807) is 30.3 Å². The Labute approximate surface area is 154 Å². The van der Waals surface area contributed by atoms with E-state index in [0.29, 0.717) is 37.6 Å². The average Bonchev–Trinajstić information content (AvgIpc) is 2.68. The number of β-amino-alcohol motifs (C(OH)–C–C–N with tert-alkyl or cyclic N) is 1. The molecule has 1 aliphatic rings. The van der Waals surface area contributed by atoms with Crippen LogP contribution in [0.15, 0.2) is 65.6 Å². The van der Waals surface area contributed by atoms with Crippen molar-refractivity contribution in [3.8, 4) is 5.75 Å². The molecule has 0 bridgehead atoms. The van der Waals surface area contributed by atoms with Gasteiger partial charge in [0.2, 0.25) is 10.0 Å². The molecule has 1 heterocycles. The molecule has 3 rings (SSSR count). The van der Waals surface area contributed by atoms with Crippen LogP contribution in [0, 0.1) is 0 Å². The van der Waals surface area contributed by atoms with Gasteiger partial charge in [0.05, 0.1) is 4.90 Å². The largest absolute Gasteiger partial charge is 0.491 e. The van der Waals surface area contributed by atoms with Crippen LogP contribution in [0.1, 0.15) is 0 Å². The second-order valence-corrected chi connectivity index (χ2v) is 8.23. The molecule has 2 aromatic carbocycles. The molecule has 0 radical (unpaired) electrons. The molecule has 1 aliphatic heterocycles. The maximum absolute atomic E-state index is 12.6. The van der Waals surface area contributed by atoms with Crippen LogP contribution in [0.4, 0.5) is 0 Å². The van der Waals surface area contributed by atoms with Crippen LogP contribution in [0.25, 0.3) is 0 Å². The third-order valence-corrected chi connectivity index (χ3v) is 6.28. The van der Waals surface area contributed by atoms with Gasteiger partial charge in [0, 0.05) is 32.7 Å². The lowest BCUT2D eigenvalue weighted by Gasteiger charge is -2.34. The van der Waals surface area contributed by atoms with E-state index in [-0.39, 0.29) is 6.61 Å². The second kappa shape index (κ2) is 8.64. The van der Waals surface area contributed by atoms with Crippen molar-refractivity contribution in [1.29, 1.82) is 0 Å². The van der Waals surface area contributed by atoms with Gasteiger partial charge < -0.3 is 9.84 Å². The van der Waals surface area contributed by atoms with Crippen molar-refractivity contribution in [3.05, 3.63) is 60.7 Å². The molecule has 0 saturated carbocycles. The normalized spacial score (nSPS) is 17.7. The summed E-state index contributed by atoms with van der Waals surface area (Å²) in [5.41, 5.74) is 0. The molecule has 7 heteroatoms. The molecule has 0 spiro atoms. The Balaban J connectivity index is 1.46. The van der Waals surface area contributed by atoms with Gasteiger partial charge >= 0.3 is 0 Å². The molecule has 1 saturated heterocycles. The first-order valence-electron chi connectivity index (χ1n) is 8.69. The Bertz CT molecular complexity index is 776. The van der Waals surface area contributed by atoms with E-state index in [0.717, 1.165) is 5.75 Å². The Hall–Kier alpha value is -1.93. The molecule has 26 heavy (non-hydrogen) atoms. The zero-order chi connectivity index (χ0) is 18.4. The standard InChI is InChI=1S/C19H24N2O4S/c22-17(16-25-18-7-3-1-4-8-18)15-20-11-13-21(14-12-20)26(23,24)19-9-5-2-6-10-19/h1-10,17,22H,11-16H2/t17-/m1/s1. The minimum atomic E-state index is -3.44. The lowest BCUT2D eigenvalue weighted by molar-refractivity contribution is 0.0569. The number of para-hydroxylation sites is 1. The highest BCUT2D eigenvalue weighted by Gasteiger charge is 2.28. The smallest absolute Gasteiger partial charge is 0.243 e. The first-order valence-corrected chi connectivity index (χ1v) is 10.1. The van der Waals surface area contributed by atoms with Crippen LogP contribution in [-0.4, -0.2) is 68.2 Å². The number of aliphatic hydroxyl groups is 1. The number of hydrogen-bond acceptors (Lipinski definition) is 5. The predicted molar refractivity (Wildman–Crippen MR) is 99.6 cm³/mol. The van der Waals surface area contributed by atoms with Gasteiger partial charge in [-0.3, -0.25) is 4.90 Å². The number of nitrogens with zero attached hydrogens (tertiary/aromatic N) is 2. The third kappa shape index (κ3) is 4.82. The van der Waals surface area contributed by atoms with Crippen LogP contribution in [0.5, 0.6) is 5.75 Å². The van der Waals surface area contributed by atoms with E-state index in [1.165, 1.54) is 4.31 Å². The van der Waals surface area contributed by atoms with E-state index < -0.39 is 16.1 Å². The number of benzene rings is 2. The van der Waals surface area contributed by atoms with Gasteiger partial charge in [0.25, 0.3) is 0 Å². The van der Waals surface area contributed by atoms with E-state index >= 15 is 0 Å². The van der Waals surface area contributed by atoms with Gasteiger partial charge in [-0.25, -0.2) is 8.42 Å². The number of hydrogen-bond donors (Lipinski definition) is 1. The van der Waals surface area contributed by atoms with Crippen LogP contribution in [0.2, 0.25) is 0 Å². The topological polar surface area (TPSA) is 70.1 Å². The van der Waals surface area contributed by atoms with Gasteiger partial charge in [0.15, 0.2) is 0 Å². The monoisotopic (exact) mass is 376 g/mol. The Morgan fingerprint density at radius 3 is 2.12 bits per heavy atom. The van der Waals surface area contributed by atoms with Gasteiger partial charge in [-0.05, 0) is 24.3 Å². The molecular formula is C19H24N2O4S. The summed E-state index contributed by atoms with van der Waals surface area (Å²) in [6.45, 7) is 2.70. The number of ether oxygens (including phenoxy) is 1. The highest BCUT2D eigenvalue weighted by molar-refractivity contribution is 7.89. The molecule has 2 aromatic rings. The maximum Gasteiger partial charge on any atom is 0.243 e. The zero-order valence-electron chi connectivity index (χ0n) is 14.6.